The minimum absolute atomic E-state index is 0.0512. The molecule has 13 nitrogen and oxygen atoms in total. The van der Waals surface area contributed by atoms with Gasteiger partial charge in [-0.3, -0.25) is 4.57 Å². The van der Waals surface area contributed by atoms with Gasteiger partial charge in [0.1, 0.15) is 23.4 Å². The minimum atomic E-state index is -4.04. The first kappa shape index (κ1) is 26.7. The van der Waals surface area contributed by atoms with Crippen LogP contribution < -0.4 is 10.4 Å². The summed E-state index contributed by atoms with van der Waals surface area (Å²) in [6.45, 7) is 3.71. The number of aliphatic hydroxyl groups excluding tert-OH is 2. The molecule has 0 bridgehead atoms. The van der Waals surface area contributed by atoms with Crippen LogP contribution in [0.1, 0.15) is 33.1 Å². The van der Waals surface area contributed by atoms with E-state index in [1.165, 1.54) is 22.9 Å². The van der Waals surface area contributed by atoms with E-state index >= 15 is 0 Å². The molecule has 4 rings (SSSR count). The third-order valence-electron chi connectivity index (χ3n) is 5.89. The number of benzene rings is 1. The van der Waals surface area contributed by atoms with Crippen LogP contribution in [0.25, 0.3) is 28.2 Å². The Morgan fingerprint density at radius 3 is 2.54 bits per heavy atom. The van der Waals surface area contributed by atoms with Gasteiger partial charge in [0.2, 0.25) is 10.0 Å². The summed E-state index contributed by atoms with van der Waals surface area (Å²) in [6.07, 6.45) is 3.71. The Bertz CT molecular complexity index is 1540. The van der Waals surface area contributed by atoms with Crippen molar-refractivity contribution in [1.82, 2.24) is 33.4 Å². The number of aromatic amines is 1. The maximum atomic E-state index is 13.3. The van der Waals surface area contributed by atoms with E-state index < -0.39 is 23.2 Å². The van der Waals surface area contributed by atoms with E-state index in [0.717, 1.165) is 23.6 Å². The lowest BCUT2D eigenvalue weighted by Gasteiger charge is -2.21. The van der Waals surface area contributed by atoms with Crippen molar-refractivity contribution >= 4 is 26.8 Å². The number of nitrogens with one attached hydrogen (secondary N) is 1. The van der Waals surface area contributed by atoms with E-state index in [-0.39, 0.29) is 23.7 Å². The van der Waals surface area contributed by atoms with E-state index in [9.17, 15) is 23.4 Å². The zero-order valence-corrected chi connectivity index (χ0v) is 21.6. The van der Waals surface area contributed by atoms with Crippen molar-refractivity contribution in [3.05, 3.63) is 35.0 Å². The lowest BCUT2D eigenvalue weighted by atomic mass is 10.2. The molecular formula is C23H31N7O6S. The number of fused-ring (bicyclic) bond motifs is 3. The van der Waals surface area contributed by atoms with Crippen molar-refractivity contribution in [2.45, 2.75) is 44.6 Å². The van der Waals surface area contributed by atoms with Crippen LogP contribution in [-0.2, 0) is 16.6 Å². The fourth-order valence-corrected chi connectivity index (χ4v) is 5.49. The molecule has 0 unspecified atom stereocenters. The van der Waals surface area contributed by atoms with Crippen molar-refractivity contribution in [3.8, 4) is 17.1 Å². The van der Waals surface area contributed by atoms with Crippen LogP contribution in [0.4, 0.5) is 0 Å². The molecule has 3 aromatic heterocycles. The quantitative estimate of drug-likeness (QED) is 0.227. The normalized spacial score (nSPS) is 12.2. The van der Waals surface area contributed by atoms with E-state index in [4.69, 9.17) is 9.72 Å². The van der Waals surface area contributed by atoms with Crippen LogP contribution >= 0.6 is 0 Å². The summed E-state index contributed by atoms with van der Waals surface area (Å²) >= 11 is 0. The second-order valence-electron chi connectivity index (χ2n) is 8.45. The summed E-state index contributed by atoms with van der Waals surface area (Å²) < 4.78 is 36.4. The number of ether oxygens (including phenoxy) is 1. The number of sulfonamides is 1. The predicted molar refractivity (Wildman–Crippen MR) is 136 cm³/mol. The van der Waals surface area contributed by atoms with Gasteiger partial charge in [-0.1, -0.05) is 20.3 Å². The lowest BCUT2D eigenvalue weighted by Crippen LogP contribution is -2.35. The first-order valence-electron chi connectivity index (χ1n) is 12.2. The Hall–Kier alpha value is -3.33. The zero-order chi connectivity index (χ0) is 26.6. The Morgan fingerprint density at radius 1 is 1.11 bits per heavy atom. The molecule has 3 heterocycles. The molecule has 0 saturated carbocycles. The highest BCUT2D eigenvalue weighted by Gasteiger charge is 2.26. The molecule has 0 spiro atoms. The number of imidazole rings is 1. The number of hydrogen-bond acceptors (Lipinski definition) is 9. The van der Waals surface area contributed by atoms with Gasteiger partial charge in [0.05, 0.1) is 30.3 Å². The summed E-state index contributed by atoms with van der Waals surface area (Å²) in [5.41, 5.74) is 1.24. The van der Waals surface area contributed by atoms with Crippen molar-refractivity contribution in [2.75, 3.05) is 32.9 Å². The number of unbranched alkanes of at least 4 members (excludes halogenated alkanes) is 1. The fraction of sp³-hybridized carbons (Fsp3) is 0.478. The van der Waals surface area contributed by atoms with Gasteiger partial charge in [0.25, 0.3) is 0 Å². The Kier molecular flexibility index (Phi) is 8.22. The van der Waals surface area contributed by atoms with Crippen molar-refractivity contribution in [2.24, 2.45) is 0 Å². The first-order chi connectivity index (χ1) is 17.9. The van der Waals surface area contributed by atoms with Gasteiger partial charge >= 0.3 is 5.69 Å². The highest BCUT2D eigenvalue weighted by molar-refractivity contribution is 7.89. The van der Waals surface area contributed by atoms with Crippen LogP contribution in [0.2, 0.25) is 0 Å². The van der Waals surface area contributed by atoms with Gasteiger partial charge < -0.3 is 19.9 Å². The van der Waals surface area contributed by atoms with Crippen LogP contribution in [0.3, 0.4) is 0 Å². The second kappa shape index (κ2) is 11.4. The second-order valence-corrected chi connectivity index (χ2v) is 10.4. The summed E-state index contributed by atoms with van der Waals surface area (Å²) in [7, 11) is -4.04. The van der Waals surface area contributed by atoms with Crippen LogP contribution in [0, 0.1) is 0 Å². The molecule has 3 N–H and O–H groups in total. The number of nitrogens with zero attached hydrogens (tertiary/aromatic N) is 6. The van der Waals surface area contributed by atoms with Gasteiger partial charge in [-0.15, -0.1) is 10.2 Å². The summed E-state index contributed by atoms with van der Waals surface area (Å²) in [5, 5.41) is 26.6. The van der Waals surface area contributed by atoms with Gasteiger partial charge in [0.15, 0.2) is 11.3 Å². The number of H-pyrrole nitrogens is 1. The third kappa shape index (κ3) is 5.09. The molecule has 14 heteroatoms. The highest BCUT2D eigenvalue weighted by Crippen LogP contribution is 2.33. The average Bonchev–Trinajstić information content (AvgIpc) is 3.55. The molecule has 0 radical (unpaired) electrons. The third-order valence-corrected chi connectivity index (χ3v) is 7.78. The lowest BCUT2D eigenvalue weighted by molar-refractivity contribution is 0.217. The Labute approximate surface area is 213 Å². The fourth-order valence-electron chi connectivity index (χ4n) is 4.04. The van der Waals surface area contributed by atoms with E-state index in [0.29, 0.717) is 47.1 Å². The molecule has 200 valence electrons. The molecule has 0 aliphatic rings. The van der Waals surface area contributed by atoms with E-state index in [1.54, 1.807) is 10.6 Å². The SMILES string of the molecule is CCCCn1c(=O)n2cnnc2c2[nH]c(-c3cc(S(=O)(=O)N(CCO)CCO)ccc3OCCC)nc21. The number of aliphatic hydroxyl groups is 2. The average molecular weight is 534 g/mol. The molecular weight excluding hydrogens is 502 g/mol. The van der Waals surface area contributed by atoms with Crippen LogP contribution in [0.15, 0.2) is 34.2 Å². The van der Waals surface area contributed by atoms with Gasteiger partial charge in [0, 0.05) is 19.6 Å². The van der Waals surface area contributed by atoms with Gasteiger partial charge in [-0.2, -0.15) is 4.31 Å². The molecule has 37 heavy (non-hydrogen) atoms. The van der Waals surface area contributed by atoms with E-state index in [1.807, 2.05) is 13.8 Å². The molecule has 0 amide bonds. The molecule has 0 saturated heterocycles. The minimum Gasteiger partial charge on any atom is -0.493 e. The smallest absolute Gasteiger partial charge is 0.336 e. The number of rotatable bonds is 13. The molecule has 0 aliphatic heterocycles. The van der Waals surface area contributed by atoms with Gasteiger partial charge in [-0.05, 0) is 31.0 Å². The Morgan fingerprint density at radius 2 is 1.86 bits per heavy atom. The van der Waals surface area contributed by atoms with Gasteiger partial charge in [-0.25, -0.2) is 22.6 Å². The van der Waals surface area contributed by atoms with Crippen LogP contribution in [-0.4, -0.2) is 85.0 Å². The number of aromatic nitrogens is 6. The zero-order valence-electron chi connectivity index (χ0n) is 20.8. The molecule has 1 aromatic carbocycles. The first-order valence-corrected chi connectivity index (χ1v) is 13.6. The standard InChI is InChI=1S/C23H31N7O6S/c1-3-5-8-29-21-19(22-27-24-15-30(22)23(29)33)25-20(26-21)17-14-16(6-7-18(17)36-13-4-2)37(34,35)28(9-11-31)10-12-32/h6-7,14-15,31-32H,3-5,8-13H2,1-2H3,(H,25,26). The predicted octanol–water partition coefficient (Wildman–Crippen LogP) is 0.998. The molecule has 0 fully saturated rings. The molecule has 4 aromatic rings. The van der Waals surface area contributed by atoms with Crippen LogP contribution in [0.5, 0.6) is 5.75 Å². The number of aryl methyl sites for hydroxylation is 1. The summed E-state index contributed by atoms with van der Waals surface area (Å²) in [6, 6.07) is 4.41. The largest absolute Gasteiger partial charge is 0.493 e. The number of hydrogen-bond donors (Lipinski definition) is 3. The van der Waals surface area contributed by atoms with Crippen molar-refractivity contribution in [1.29, 1.82) is 0 Å². The summed E-state index contributed by atoms with van der Waals surface area (Å²) in [4.78, 5) is 20.9. The van der Waals surface area contributed by atoms with E-state index in [2.05, 4.69) is 15.2 Å². The molecule has 0 atom stereocenters. The maximum absolute atomic E-state index is 13.3. The molecule has 0 aliphatic carbocycles. The topological polar surface area (TPSA) is 168 Å². The monoisotopic (exact) mass is 533 g/mol. The van der Waals surface area contributed by atoms with Crippen molar-refractivity contribution < 1.29 is 23.4 Å². The highest BCUT2D eigenvalue weighted by atomic mass is 32.2. The van der Waals surface area contributed by atoms with Crippen molar-refractivity contribution in [3.63, 3.8) is 0 Å². The Balaban J connectivity index is 1.93. The maximum Gasteiger partial charge on any atom is 0.336 e. The summed E-state index contributed by atoms with van der Waals surface area (Å²) in [5.74, 6) is 0.713.